The highest BCUT2D eigenvalue weighted by molar-refractivity contribution is 5.90. The predicted octanol–water partition coefficient (Wildman–Crippen LogP) is 5.11. The Morgan fingerprint density at radius 2 is 1.40 bits per heavy atom. The number of carbonyl (C=O) groups excluding carboxylic acids is 2. The molecule has 3 aromatic rings. The van der Waals surface area contributed by atoms with Gasteiger partial charge in [0.1, 0.15) is 18.7 Å². The maximum atomic E-state index is 13.3. The molecule has 210 valence electrons. The van der Waals surface area contributed by atoms with Gasteiger partial charge in [-0.25, -0.2) is 9.59 Å². The zero-order valence-corrected chi connectivity index (χ0v) is 23.0. The van der Waals surface area contributed by atoms with E-state index in [1.165, 1.54) is 0 Å². The molecule has 0 aliphatic heterocycles. The fraction of sp³-hybridized carbons (Fsp3) is 0.344. The van der Waals surface area contributed by atoms with Gasteiger partial charge in [-0.15, -0.1) is 0 Å². The molecule has 0 spiro atoms. The van der Waals surface area contributed by atoms with Crippen molar-refractivity contribution in [2.24, 2.45) is 5.92 Å². The molecule has 3 aromatic carbocycles. The smallest absolute Gasteiger partial charge is 0.407 e. The summed E-state index contributed by atoms with van der Waals surface area (Å²) in [4.78, 5) is 38.2. The fourth-order valence-electron chi connectivity index (χ4n) is 4.99. The summed E-state index contributed by atoms with van der Waals surface area (Å²) >= 11 is 0. The molecule has 3 N–H and O–H groups in total. The number of hydrogen-bond donors (Lipinski definition) is 3. The first-order chi connectivity index (χ1) is 19.3. The van der Waals surface area contributed by atoms with Crippen LogP contribution in [-0.4, -0.2) is 47.9 Å². The van der Waals surface area contributed by atoms with E-state index in [-0.39, 0.29) is 25.0 Å². The number of nitrogens with one attached hydrogen (secondary N) is 2. The van der Waals surface area contributed by atoms with Gasteiger partial charge in [0, 0.05) is 5.92 Å². The minimum atomic E-state index is -1.18. The highest BCUT2D eigenvalue weighted by Gasteiger charge is 2.34. The van der Waals surface area contributed by atoms with E-state index in [0.717, 1.165) is 27.8 Å². The summed E-state index contributed by atoms with van der Waals surface area (Å²) in [6.45, 7) is 5.56. The summed E-state index contributed by atoms with van der Waals surface area (Å²) in [6, 6.07) is 23.2. The molecule has 0 fully saturated rings. The van der Waals surface area contributed by atoms with Crippen LogP contribution in [0.2, 0.25) is 0 Å². The van der Waals surface area contributed by atoms with E-state index in [1.54, 1.807) is 13.8 Å². The summed E-state index contributed by atoms with van der Waals surface area (Å²) in [6.07, 6.45) is -0.999. The van der Waals surface area contributed by atoms with E-state index in [0.29, 0.717) is 6.42 Å². The highest BCUT2D eigenvalue weighted by atomic mass is 16.5. The van der Waals surface area contributed by atoms with Crippen molar-refractivity contribution in [3.8, 4) is 11.1 Å². The molecule has 0 saturated heterocycles. The summed E-state index contributed by atoms with van der Waals surface area (Å²) in [5.74, 6) is -2.24. The van der Waals surface area contributed by atoms with Gasteiger partial charge in [0.05, 0.1) is 12.7 Å². The molecule has 8 nitrogen and oxygen atoms in total. The molecular formula is C32H36N2O6. The number of hydrogen-bond acceptors (Lipinski definition) is 5. The van der Waals surface area contributed by atoms with Crippen LogP contribution in [0.5, 0.6) is 0 Å². The number of carbonyl (C=O) groups is 3. The third kappa shape index (κ3) is 6.69. The predicted molar refractivity (Wildman–Crippen MR) is 152 cm³/mol. The third-order valence-electron chi connectivity index (χ3n) is 7.50. The largest absolute Gasteiger partial charge is 0.480 e. The van der Waals surface area contributed by atoms with Crippen LogP contribution in [0.4, 0.5) is 4.79 Å². The number of ether oxygens (including phenoxy) is 2. The van der Waals surface area contributed by atoms with Crippen LogP contribution in [0, 0.1) is 5.92 Å². The number of amides is 2. The van der Waals surface area contributed by atoms with Gasteiger partial charge in [0.15, 0.2) is 0 Å². The molecule has 0 unspecified atom stereocenters. The number of aliphatic carboxylic acids is 1. The zero-order valence-electron chi connectivity index (χ0n) is 23.0. The van der Waals surface area contributed by atoms with Gasteiger partial charge in [0.25, 0.3) is 0 Å². The number of fused-ring (bicyclic) bond motifs is 3. The Morgan fingerprint density at radius 3 is 1.98 bits per heavy atom. The van der Waals surface area contributed by atoms with Crippen LogP contribution < -0.4 is 10.6 Å². The Balaban J connectivity index is 1.47. The number of alkyl carbamates (subject to hydrolysis) is 1. The minimum Gasteiger partial charge on any atom is -0.480 e. The Kier molecular flexibility index (Phi) is 9.56. The molecule has 0 heterocycles. The molecule has 1 aliphatic rings. The lowest BCUT2D eigenvalue weighted by Crippen LogP contribution is -2.57. The maximum absolute atomic E-state index is 13.3. The van der Waals surface area contributed by atoms with E-state index in [4.69, 9.17) is 9.47 Å². The monoisotopic (exact) mass is 544 g/mol. The second kappa shape index (κ2) is 13.3. The second-order valence-corrected chi connectivity index (χ2v) is 10.2. The second-order valence-electron chi connectivity index (χ2n) is 10.2. The Hall–Kier alpha value is -4.17. The third-order valence-corrected chi connectivity index (χ3v) is 7.50. The normalized spacial score (nSPS) is 15.2. The van der Waals surface area contributed by atoms with E-state index in [2.05, 4.69) is 22.8 Å². The molecule has 0 radical (unpaired) electrons. The molecule has 8 heteroatoms. The minimum absolute atomic E-state index is 0.0814. The van der Waals surface area contributed by atoms with Gasteiger partial charge in [-0.3, -0.25) is 4.79 Å². The molecule has 4 atom stereocenters. The highest BCUT2D eigenvalue weighted by Crippen LogP contribution is 2.44. The molecule has 0 aromatic heterocycles. The van der Waals surface area contributed by atoms with Crippen molar-refractivity contribution in [2.75, 3.05) is 6.61 Å². The van der Waals surface area contributed by atoms with E-state index in [1.807, 2.05) is 73.7 Å². The van der Waals surface area contributed by atoms with Gasteiger partial charge in [-0.2, -0.15) is 0 Å². The van der Waals surface area contributed by atoms with E-state index < -0.39 is 36.2 Å². The quantitative estimate of drug-likeness (QED) is 0.292. The lowest BCUT2D eigenvalue weighted by molar-refractivity contribution is -0.144. The van der Waals surface area contributed by atoms with Crippen molar-refractivity contribution in [3.63, 3.8) is 0 Å². The molecular weight excluding hydrogens is 508 g/mol. The standard InChI is InChI=1S/C32H36N2O6/c1-4-20(2)28(31(36)37)33-30(35)29(21(3)39-18-22-12-6-5-7-13-22)34-32(38)40-19-27-25-16-10-8-14-23(25)24-15-9-11-17-26(24)27/h5-17,20-21,27-29H,4,18-19H2,1-3H3,(H,33,35)(H,34,38)(H,36,37)/t20-,21-,28-,29+/m0/s1. The van der Waals surface area contributed by atoms with Crippen LogP contribution in [0.15, 0.2) is 78.9 Å². The van der Waals surface area contributed by atoms with Crippen molar-refractivity contribution in [2.45, 2.75) is 57.9 Å². The van der Waals surface area contributed by atoms with Gasteiger partial charge in [0.2, 0.25) is 5.91 Å². The summed E-state index contributed by atoms with van der Waals surface area (Å²) < 4.78 is 11.6. The Morgan fingerprint density at radius 1 is 0.825 bits per heavy atom. The molecule has 0 saturated carbocycles. The maximum Gasteiger partial charge on any atom is 0.407 e. The summed E-state index contributed by atoms with van der Waals surface area (Å²) in [7, 11) is 0. The first-order valence-electron chi connectivity index (χ1n) is 13.6. The first-order valence-corrected chi connectivity index (χ1v) is 13.6. The first kappa shape index (κ1) is 28.8. The Bertz CT molecular complexity index is 1280. The summed E-state index contributed by atoms with van der Waals surface area (Å²) in [5.41, 5.74) is 5.26. The lowest BCUT2D eigenvalue weighted by Gasteiger charge is -2.28. The molecule has 2 amide bonds. The van der Waals surface area contributed by atoms with Crippen molar-refractivity contribution < 1.29 is 29.0 Å². The van der Waals surface area contributed by atoms with Gasteiger partial charge in [-0.05, 0) is 40.7 Å². The average molecular weight is 545 g/mol. The molecule has 4 rings (SSSR count). The van der Waals surface area contributed by atoms with Crippen molar-refractivity contribution in [1.29, 1.82) is 0 Å². The van der Waals surface area contributed by atoms with Crippen LogP contribution in [-0.2, 0) is 25.7 Å². The summed E-state index contributed by atoms with van der Waals surface area (Å²) in [5, 5.41) is 14.9. The van der Waals surface area contributed by atoms with Crippen molar-refractivity contribution >= 4 is 18.0 Å². The van der Waals surface area contributed by atoms with E-state index >= 15 is 0 Å². The number of benzene rings is 3. The van der Waals surface area contributed by atoms with Crippen LogP contribution in [0.3, 0.4) is 0 Å². The van der Waals surface area contributed by atoms with Gasteiger partial charge in [-0.1, -0.05) is 99.1 Å². The average Bonchev–Trinajstić information content (AvgIpc) is 3.29. The molecule has 40 heavy (non-hydrogen) atoms. The lowest BCUT2D eigenvalue weighted by atomic mass is 9.98. The number of rotatable bonds is 12. The van der Waals surface area contributed by atoms with Gasteiger partial charge < -0.3 is 25.2 Å². The van der Waals surface area contributed by atoms with Gasteiger partial charge >= 0.3 is 12.1 Å². The number of carboxylic acids is 1. The zero-order chi connectivity index (χ0) is 28.6. The Labute approximate surface area is 234 Å². The SMILES string of the molecule is CC[C@H](C)[C@H](NC(=O)[C@H](NC(=O)OCC1c2ccccc2-c2ccccc21)[C@H](C)OCc1ccccc1)C(=O)O. The fourth-order valence-corrected chi connectivity index (χ4v) is 4.99. The number of carboxylic acid groups (broad SMARTS) is 1. The van der Waals surface area contributed by atoms with E-state index in [9.17, 15) is 19.5 Å². The van der Waals surface area contributed by atoms with Crippen LogP contribution >= 0.6 is 0 Å². The van der Waals surface area contributed by atoms with Crippen molar-refractivity contribution in [3.05, 3.63) is 95.6 Å². The molecule has 1 aliphatic carbocycles. The topological polar surface area (TPSA) is 114 Å². The van der Waals surface area contributed by atoms with Crippen LogP contribution in [0.25, 0.3) is 11.1 Å². The molecule has 0 bridgehead atoms. The van der Waals surface area contributed by atoms with Crippen LogP contribution in [0.1, 0.15) is 49.8 Å². The van der Waals surface area contributed by atoms with Crippen molar-refractivity contribution in [1.82, 2.24) is 10.6 Å².